The van der Waals surface area contributed by atoms with Gasteiger partial charge >= 0.3 is 0 Å². The van der Waals surface area contributed by atoms with Gasteiger partial charge in [-0.15, -0.1) is 0 Å². The molecule has 18 heavy (non-hydrogen) atoms. The van der Waals surface area contributed by atoms with Gasteiger partial charge in [0.15, 0.2) is 0 Å². The molecule has 0 aliphatic carbocycles. The summed E-state index contributed by atoms with van der Waals surface area (Å²) in [5.74, 6) is -0.382. The Bertz CT molecular complexity index is 481. The Kier molecular flexibility index (Phi) is 4.09. The average molecular weight is 244 g/mol. The topological polar surface area (TPSA) is 83.8 Å². The molecule has 1 unspecified atom stereocenters. The summed E-state index contributed by atoms with van der Waals surface area (Å²) >= 11 is 0. The molecule has 0 aliphatic heterocycles. The van der Waals surface area contributed by atoms with Crippen molar-refractivity contribution in [1.29, 1.82) is 0 Å². The lowest BCUT2D eigenvalue weighted by atomic mass is 9.98. The third-order valence-corrected chi connectivity index (χ3v) is 2.76. The average Bonchev–Trinajstić information content (AvgIpc) is 2.92. The highest BCUT2D eigenvalue weighted by Crippen LogP contribution is 2.14. The zero-order valence-electron chi connectivity index (χ0n) is 9.97. The number of carbonyl (C=O) groups is 1. The van der Waals surface area contributed by atoms with Crippen LogP contribution in [0.1, 0.15) is 17.2 Å². The van der Waals surface area contributed by atoms with Gasteiger partial charge in [0.25, 0.3) is 0 Å². The Morgan fingerprint density at radius 2 is 2.17 bits per heavy atom. The molecule has 1 atom stereocenters. The molecule has 0 radical (unpaired) electrons. The molecule has 0 aliphatic rings. The molecule has 4 N–H and O–H groups in total. The minimum Gasteiger partial charge on any atom is -0.350 e. The molecule has 0 fully saturated rings. The Morgan fingerprint density at radius 3 is 2.78 bits per heavy atom. The first-order chi connectivity index (χ1) is 8.81. The van der Waals surface area contributed by atoms with Gasteiger partial charge in [-0.3, -0.25) is 4.79 Å². The van der Waals surface area contributed by atoms with Crippen molar-refractivity contribution in [2.45, 2.75) is 12.5 Å². The van der Waals surface area contributed by atoms with Gasteiger partial charge in [-0.1, -0.05) is 30.3 Å². The van der Waals surface area contributed by atoms with Crippen LogP contribution in [0, 0.1) is 0 Å². The molecule has 1 amide bonds. The maximum absolute atomic E-state index is 12.0. The minimum absolute atomic E-state index is 0.0710. The van der Waals surface area contributed by atoms with E-state index in [4.69, 9.17) is 5.73 Å². The second kappa shape index (κ2) is 5.97. The molecule has 5 nitrogen and oxygen atoms in total. The third-order valence-electron chi connectivity index (χ3n) is 2.76. The Hall–Kier alpha value is -2.14. The van der Waals surface area contributed by atoms with Gasteiger partial charge in [0.2, 0.25) is 5.91 Å². The number of amides is 1. The fourth-order valence-corrected chi connectivity index (χ4v) is 1.77. The Balaban J connectivity index is 1.98. The van der Waals surface area contributed by atoms with Crippen LogP contribution in [0.4, 0.5) is 0 Å². The molecule has 0 spiro atoms. The maximum Gasteiger partial charge on any atom is 0.229 e. The van der Waals surface area contributed by atoms with Gasteiger partial charge in [0.05, 0.1) is 24.5 Å². The third kappa shape index (κ3) is 2.95. The van der Waals surface area contributed by atoms with Crippen LogP contribution in [0.15, 0.2) is 42.9 Å². The number of carbonyl (C=O) groups excluding carboxylic acids is 1. The van der Waals surface area contributed by atoms with Gasteiger partial charge in [-0.25, -0.2) is 4.98 Å². The normalized spacial score (nSPS) is 12.1. The summed E-state index contributed by atoms with van der Waals surface area (Å²) in [5, 5.41) is 2.84. The van der Waals surface area contributed by atoms with E-state index in [1.807, 2.05) is 30.3 Å². The number of nitrogens with two attached hydrogens (primary N) is 1. The molecular weight excluding hydrogens is 228 g/mol. The van der Waals surface area contributed by atoms with Crippen LogP contribution in [-0.2, 0) is 11.3 Å². The van der Waals surface area contributed by atoms with E-state index in [0.717, 1.165) is 11.3 Å². The van der Waals surface area contributed by atoms with Gasteiger partial charge in [-0.05, 0) is 5.56 Å². The smallest absolute Gasteiger partial charge is 0.229 e. The molecule has 1 heterocycles. The monoisotopic (exact) mass is 244 g/mol. The Labute approximate surface area is 105 Å². The van der Waals surface area contributed by atoms with Crippen LogP contribution in [0.25, 0.3) is 0 Å². The fourth-order valence-electron chi connectivity index (χ4n) is 1.77. The first-order valence-corrected chi connectivity index (χ1v) is 5.81. The number of aromatic amines is 1. The van der Waals surface area contributed by atoms with Crippen LogP contribution >= 0.6 is 0 Å². The number of hydrogen-bond acceptors (Lipinski definition) is 3. The predicted octanol–water partition coefficient (Wildman–Crippen LogP) is 0.768. The molecular formula is C13H16N4O. The van der Waals surface area contributed by atoms with Gasteiger partial charge in [0, 0.05) is 12.7 Å². The summed E-state index contributed by atoms with van der Waals surface area (Å²) in [6.45, 7) is 0.723. The van der Waals surface area contributed by atoms with E-state index in [9.17, 15) is 4.79 Å². The molecule has 1 aromatic carbocycles. The zero-order valence-corrected chi connectivity index (χ0v) is 9.97. The largest absolute Gasteiger partial charge is 0.350 e. The standard InChI is InChI=1S/C13H16N4O/c14-6-12(10-4-2-1-3-5-10)13(18)16-8-11-7-15-9-17-11/h1-5,7,9,12H,6,8,14H2,(H,15,17)(H,16,18). The van der Waals surface area contributed by atoms with Gasteiger partial charge < -0.3 is 16.0 Å². The van der Waals surface area contributed by atoms with Crippen molar-refractivity contribution in [3.63, 3.8) is 0 Å². The van der Waals surface area contributed by atoms with Crippen molar-refractivity contribution >= 4 is 5.91 Å². The number of nitrogens with one attached hydrogen (secondary N) is 2. The van der Waals surface area contributed by atoms with Gasteiger partial charge in [0.1, 0.15) is 0 Å². The van der Waals surface area contributed by atoms with E-state index in [1.165, 1.54) is 0 Å². The summed E-state index contributed by atoms with van der Waals surface area (Å²) in [6.07, 6.45) is 3.26. The SMILES string of the molecule is NCC(C(=O)NCc1cnc[nH]1)c1ccccc1. The van der Waals surface area contributed by atoms with Crippen molar-refractivity contribution in [2.24, 2.45) is 5.73 Å². The van der Waals surface area contributed by atoms with Crippen LogP contribution < -0.4 is 11.1 Å². The second-order valence-electron chi connectivity index (χ2n) is 3.99. The molecule has 2 aromatic rings. The first-order valence-electron chi connectivity index (χ1n) is 5.81. The molecule has 0 saturated heterocycles. The number of imidazole rings is 1. The first kappa shape index (κ1) is 12.3. The van der Waals surface area contributed by atoms with E-state index < -0.39 is 0 Å². The predicted molar refractivity (Wildman–Crippen MR) is 68.7 cm³/mol. The molecule has 0 bridgehead atoms. The quantitative estimate of drug-likeness (QED) is 0.726. The second-order valence-corrected chi connectivity index (χ2v) is 3.99. The molecule has 5 heteroatoms. The summed E-state index contributed by atoms with van der Waals surface area (Å²) < 4.78 is 0. The minimum atomic E-state index is -0.311. The highest BCUT2D eigenvalue weighted by molar-refractivity contribution is 5.83. The number of aromatic nitrogens is 2. The molecule has 94 valence electrons. The summed E-state index contributed by atoms with van der Waals surface area (Å²) in [5.41, 5.74) is 7.47. The lowest BCUT2D eigenvalue weighted by Crippen LogP contribution is -2.33. The summed E-state index contributed by atoms with van der Waals surface area (Å²) in [7, 11) is 0. The lowest BCUT2D eigenvalue weighted by Gasteiger charge is -2.14. The van der Waals surface area contributed by atoms with Crippen molar-refractivity contribution in [1.82, 2.24) is 15.3 Å². The van der Waals surface area contributed by atoms with E-state index in [1.54, 1.807) is 12.5 Å². The lowest BCUT2D eigenvalue weighted by molar-refractivity contribution is -0.122. The van der Waals surface area contributed by atoms with E-state index in [-0.39, 0.29) is 11.8 Å². The van der Waals surface area contributed by atoms with Crippen LogP contribution in [0.5, 0.6) is 0 Å². The van der Waals surface area contributed by atoms with Crippen molar-refractivity contribution in [2.75, 3.05) is 6.54 Å². The van der Waals surface area contributed by atoms with Crippen molar-refractivity contribution in [3.8, 4) is 0 Å². The number of nitrogens with zero attached hydrogens (tertiary/aromatic N) is 1. The van der Waals surface area contributed by atoms with E-state index in [2.05, 4.69) is 15.3 Å². The summed E-state index contributed by atoms with van der Waals surface area (Å²) in [4.78, 5) is 18.9. The highest BCUT2D eigenvalue weighted by Gasteiger charge is 2.18. The van der Waals surface area contributed by atoms with Crippen LogP contribution in [0.2, 0.25) is 0 Å². The molecule has 1 aromatic heterocycles. The highest BCUT2D eigenvalue weighted by atomic mass is 16.1. The summed E-state index contributed by atoms with van der Waals surface area (Å²) in [6, 6.07) is 9.54. The molecule has 0 saturated carbocycles. The molecule has 2 rings (SSSR count). The number of hydrogen-bond donors (Lipinski definition) is 3. The van der Waals surface area contributed by atoms with Crippen LogP contribution in [0.3, 0.4) is 0 Å². The Morgan fingerprint density at radius 1 is 1.39 bits per heavy atom. The van der Waals surface area contributed by atoms with E-state index >= 15 is 0 Å². The maximum atomic E-state index is 12.0. The number of benzene rings is 1. The van der Waals surface area contributed by atoms with Crippen molar-refractivity contribution in [3.05, 3.63) is 54.1 Å². The van der Waals surface area contributed by atoms with Crippen molar-refractivity contribution < 1.29 is 4.79 Å². The van der Waals surface area contributed by atoms with Gasteiger partial charge in [-0.2, -0.15) is 0 Å². The van der Waals surface area contributed by atoms with Crippen LogP contribution in [-0.4, -0.2) is 22.4 Å². The fraction of sp³-hybridized carbons (Fsp3) is 0.231. The van der Waals surface area contributed by atoms with E-state index in [0.29, 0.717) is 13.1 Å². The zero-order chi connectivity index (χ0) is 12.8. The number of rotatable bonds is 5. The number of H-pyrrole nitrogens is 1.